The molecule has 1 aromatic rings. The molecule has 1 unspecified atom stereocenters. The summed E-state index contributed by atoms with van der Waals surface area (Å²) in [6, 6.07) is 5.65. The third-order valence-corrected chi connectivity index (χ3v) is 3.85. The molecule has 20 heavy (non-hydrogen) atoms. The SMILES string of the molecule is NC1CCCN(CCc2ccc3c(c2)OCCO3)C1=O. The Balaban J connectivity index is 1.62. The van der Waals surface area contributed by atoms with Gasteiger partial charge in [-0.3, -0.25) is 4.79 Å². The van der Waals surface area contributed by atoms with Gasteiger partial charge in [0.1, 0.15) is 13.2 Å². The second-order valence-corrected chi connectivity index (χ2v) is 5.30. The van der Waals surface area contributed by atoms with Crippen LogP contribution in [0.25, 0.3) is 0 Å². The van der Waals surface area contributed by atoms with Crippen molar-refractivity contribution in [2.75, 3.05) is 26.3 Å². The lowest BCUT2D eigenvalue weighted by Crippen LogP contribution is -2.48. The number of likely N-dealkylation sites (tertiary alicyclic amines) is 1. The van der Waals surface area contributed by atoms with Gasteiger partial charge in [-0.05, 0) is 37.0 Å². The van der Waals surface area contributed by atoms with Gasteiger partial charge in [-0.2, -0.15) is 0 Å². The molecule has 1 saturated heterocycles. The number of fused-ring (bicyclic) bond motifs is 1. The number of benzene rings is 1. The van der Waals surface area contributed by atoms with Crippen LogP contribution >= 0.6 is 0 Å². The van der Waals surface area contributed by atoms with Gasteiger partial charge >= 0.3 is 0 Å². The van der Waals surface area contributed by atoms with Gasteiger partial charge in [-0.25, -0.2) is 0 Å². The first kappa shape index (κ1) is 13.2. The van der Waals surface area contributed by atoms with E-state index in [4.69, 9.17) is 15.2 Å². The Morgan fingerprint density at radius 3 is 2.90 bits per heavy atom. The van der Waals surface area contributed by atoms with Crippen LogP contribution in [0.1, 0.15) is 18.4 Å². The molecule has 0 spiro atoms. The summed E-state index contributed by atoms with van der Waals surface area (Å²) in [7, 11) is 0. The maximum absolute atomic E-state index is 11.9. The smallest absolute Gasteiger partial charge is 0.239 e. The molecule has 0 saturated carbocycles. The molecule has 0 aromatic heterocycles. The van der Waals surface area contributed by atoms with Crippen molar-refractivity contribution in [1.82, 2.24) is 4.90 Å². The van der Waals surface area contributed by atoms with Crippen LogP contribution in [-0.4, -0.2) is 43.2 Å². The second kappa shape index (κ2) is 5.71. The number of rotatable bonds is 3. The number of amides is 1. The van der Waals surface area contributed by atoms with E-state index in [9.17, 15) is 4.79 Å². The molecule has 0 aliphatic carbocycles. The fraction of sp³-hybridized carbons (Fsp3) is 0.533. The predicted octanol–water partition coefficient (Wildman–Crippen LogP) is 0.950. The van der Waals surface area contributed by atoms with Crippen molar-refractivity contribution >= 4 is 5.91 Å². The van der Waals surface area contributed by atoms with E-state index in [2.05, 4.69) is 0 Å². The fourth-order valence-electron chi connectivity index (χ4n) is 2.70. The van der Waals surface area contributed by atoms with Crippen LogP contribution in [0.3, 0.4) is 0 Å². The number of carbonyl (C=O) groups excluding carboxylic acids is 1. The quantitative estimate of drug-likeness (QED) is 0.892. The van der Waals surface area contributed by atoms with Gasteiger partial charge in [-0.1, -0.05) is 6.07 Å². The van der Waals surface area contributed by atoms with E-state index in [0.717, 1.165) is 42.9 Å². The maximum atomic E-state index is 11.9. The van der Waals surface area contributed by atoms with E-state index in [1.807, 2.05) is 23.1 Å². The molecule has 2 heterocycles. The highest BCUT2D eigenvalue weighted by atomic mass is 16.6. The fourth-order valence-corrected chi connectivity index (χ4v) is 2.70. The normalized spacial score (nSPS) is 21.9. The van der Waals surface area contributed by atoms with Crippen LogP contribution in [0.5, 0.6) is 11.5 Å². The van der Waals surface area contributed by atoms with Crippen LogP contribution in [0.2, 0.25) is 0 Å². The van der Waals surface area contributed by atoms with Crippen LogP contribution in [0, 0.1) is 0 Å². The Kier molecular flexibility index (Phi) is 3.78. The van der Waals surface area contributed by atoms with Crippen LogP contribution in [0.15, 0.2) is 18.2 Å². The minimum absolute atomic E-state index is 0.0776. The molecule has 0 bridgehead atoms. The van der Waals surface area contributed by atoms with Crippen molar-refractivity contribution in [3.63, 3.8) is 0 Å². The number of carbonyl (C=O) groups is 1. The zero-order valence-electron chi connectivity index (χ0n) is 11.5. The first-order valence-corrected chi connectivity index (χ1v) is 7.17. The zero-order chi connectivity index (χ0) is 13.9. The number of nitrogens with zero attached hydrogens (tertiary/aromatic N) is 1. The van der Waals surface area contributed by atoms with E-state index in [0.29, 0.717) is 19.8 Å². The summed E-state index contributed by atoms with van der Waals surface area (Å²) in [5.41, 5.74) is 6.95. The summed E-state index contributed by atoms with van der Waals surface area (Å²) in [5.74, 6) is 1.68. The van der Waals surface area contributed by atoms with Crippen molar-refractivity contribution in [1.29, 1.82) is 0 Å². The van der Waals surface area contributed by atoms with E-state index >= 15 is 0 Å². The maximum Gasteiger partial charge on any atom is 0.239 e. The van der Waals surface area contributed by atoms with Gasteiger partial charge in [0.15, 0.2) is 11.5 Å². The Hall–Kier alpha value is -1.75. The second-order valence-electron chi connectivity index (χ2n) is 5.30. The first-order valence-electron chi connectivity index (χ1n) is 7.17. The summed E-state index contributed by atoms with van der Waals surface area (Å²) < 4.78 is 11.1. The number of hydrogen-bond donors (Lipinski definition) is 1. The average Bonchev–Trinajstić information content (AvgIpc) is 2.48. The van der Waals surface area contributed by atoms with Gasteiger partial charge in [0, 0.05) is 13.1 Å². The molecule has 2 aliphatic rings. The number of hydrogen-bond acceptors (Lipinski definition) is 4. The number of nitrogens with two attached hydrogens (primary N) is 1. The molecule has 2 aliphatic heterocycles. The highest BCUT2D eigenvalue weighted by molar-refractivity contribution is 5.82. The zero-order valence-corrected chi connectivity index (χ0v) is 11.5. The molecule has 1 aromatic carbocycles. The van der Waals surface area contributed by atoms with Crippen molar-refractivity contribution in [2.24, 2.45) is 5.73 Å². The molecule has 3 rings (SSSR count). The number of piperidine rings is 1. The molecule has 108 valence electrons. The molecule has 1 atom stereocenters. The summed E-state index contributed by atoms with van der Waals surface area (Å²) >= 11 is 0. The molecule has 0 radical (unpaired) electrons. The molecule has 2 N–H and O–H groups in total. The summed E-state index contributed by atoms with van der Waals surface area (Å²) in [6.45, 7) is 2.73. The van der Waals surface area contributed by atoms with Crippen molar-refractivity contribution in [3.05, 3.63) is 23.8 Å². The Morgan fingerprint density at radius 1 is 1.25 bits per heavy atom. The molecule has 5 heteroatoms. The van der Waals surface area contributed by atoms with Crippen LogP contribution in [0.4, 0.5) is 0 Å². The molecular weight excluding hydrogens is 256 g/mol. The number of ether oxygens (including phenoxy) is 2. The van der Waals surface area contributed by atoms with Gasteiger partial charge in [-0.15, -0.1) is 0 Å². The van der Waals surface area contributed by atoms with E-state index in [1.54, 1.807) is 0 Å². The topological polar surface area (TPSA) is 64.8 Å². The van der Waals surface area contributed by atoms with Gasteiger partial charge in [0.25, 0.3) is 0 Å². The van der Waals surface area contributed by atoms with E-state index in [-0.39, 0.29) is 11.9 Å². The van der Waals surface area contributed by atoms with E-state index in [1.165, 1.54) is 0 Å². The minimum Gasteiger partial charge on any atom is -0.486 e. The van der Waals surface area contributed by atoms with Crippen molar-refractivity contribution < 1.29 is 14.3 Å². The predicted molar refractivity (Wildman–Crippen MR) is 74.9 cm³/mol. The third kappa shape index (κ3) is 2.72. The lowest BCUT2D eigenvalue weighted by Gasteiger charge is -2.30. The monoisotopic (exact) mass is 276 g/mol. The summed E-state index contributed by atoms with van der Waals surface area (Å²) in [6.07, 6.45) is 2.61. The standard InChI is InChI=1S/C15H20N2O3/c16-12-2-1-6-17(15(12)18)7-5-11-3-4-13-14(10-11)20-9-8-19-13/h3-4,10,12H,1-2,5-9,16H2. The summed E-state index contributed by atoms with van der Waals surface area (Å²) in [5, 5.41) is 0. The van der Waals surface area contributed by atoms with Crippen LogP contribution in [-0.2, 0) is 11.2 Å². The van der Waals surface area contributed by atoms with Gasteiger partial charge in [0.2, 0.25) is 5.91 Å². The summed E-state index contributed by atoms with van der Waals surface area (Å²) in [4.78, 5) is 13.8. The molecule has 5 nitrogen and oxygen atoms in total. The Labute approximate surface area is 118 Å². The van der Waals surface area contributed by atoms with Gasteiger partial charge in [0.05, 0.1) is 6.04 Å². The average molecular weight is 276 g/mol. The lowest BCUT2D eigenvalue weighted by molar-refractivity contribution is -0.134. The molecule has 1 amide bonds. The third-order valence-electron chi connectivity index (χ3n) is 3.85. The highest BCUT2D eigenvalue weighted by Gasteiger charge is 2.25. The van der Waals surface area contributed by atoms with Crippen LogP contribution < -0.4 is 15.2 Å². The highest BCUT2D eigenvalue weighted by Crippen LogP contribution is 2.30. The minimum atomic E-state index is -0.316. The first-order chi connectivity index (χ1) is 9.74. The molecular formula is C15H20N2O3. The Morgan fingerprint density at radius 2 is 2.05 bits per heavy atom. The molecule has 1 fully saturated rings. The van der Waals surface area contributed by atoms with Gasteiger partial charge < -0.3 is 20.1 Å². The lowest BCUT2D eigenvalue weighted by atomic mass is 10.0. The van der Waals surface area contributed by atoms with E-state index < -0.39 is 0 Å². The largest absolute Gasteiger partial charge is 0.486 e. The van der Waals surface area contributed by atoms with Crippen molar-refractivity contribution in [3.8, 4) is 11.5 Å². The Bertz CT molecular complexity index is 504. The van der Waals surface area contributed by atoms with Crippen molar-refractivity contribution in [2.45, 2.75) is 25.3 Å².